The van der Waals surface area contributed by atoms with Gasteiger partial charge in [-0.1, -0.05) is 0 Å². The lowest BCUT2D eigenvalue weighted by molar-refractivity contribution is -0.387. The van der Waals surface area contributed by atoms with Gasteiger partial charge in [-0.25, -0.2) is 13.1 Å². The molecule has 104 valence electrons. The Labute approximate surface area is 109 Å². The van der Waals surface area contributed by atoms with Gasteiger partial charge in [0.15, 0.2) is 0 Å². The van der Waals surface area contributed by atoms with Crippen LogP contribution < -0.4 is 4.72 Å². The van der Waals surface area contributed by atoms with E-state index in [9.17, 15) is 22.9 Å². The summed E-state index contributed by atoms with van der Waals surface area (Å²) in [5.74, 6) is -1.16. The minimum Gasteiger partial charge on any atom is -0.258 e. The minimum atomic E-state index is -3.86. The maximum Gasteiger partial charge on any atom is 0.304 e. The molecule has 0 unspecified atom stereocenters. The molecule has 0 spiro atoms. The molecule has 0 radical (unpaired) electrons. The SMILES string of the molecule is CC1(NS(=O)(=O)c2ccc([N+](=O)[O-])c(F)c2)CCC1. The summed E-state index contributed by atoms with van der Waals surface area (Å²) in [5, 5.41) is 10.5. The van der Waals surface area contributed by atoms with Crippen LogP contribution in [0.5, 0.6) is 0 Å². The van der Waals surface area contributed by atoms with E-state index in [0.29, 0.717) is 6.07 Å². The molecule has 19 heavy (non-hydrogen) atoms. The van der Waals surface area contributed by atoms with Crippen molar-refractivity contribution in [2.24, 2.45) is 0 Å². The summed E-state index contributed by atoms with van der Waals surface area (Å²) in [5.41, 5.74) is -1.24. The van der Waals surface area contributed by atoms with Crippen LogP contribution in [0.1, 0.15) is 26.2 Å². The molecular weight excluding hydrogens is 275 g/mol. The average molecular weight is 288 g/mol. The number of nitro groups is 1. The third kappa shape index (κ3) is 2.74. The van der Waals surface area contributed by atoms with Crippen LogP contribution in [0, 0.1) is 15.9 Å². The molecule has 1 aromatic rings. The maximum atomic E-state index is 13.4. The smallest absolute Gasteiger partial charge is 0.258 e. The van der Waals surface area contributed by atoms with Gasteiger partial charge in [0.1, 0.15) is 0 Å². The van der Waals surface area contributed by atoms with E-state index in [-0.39, 0.29) is 4.90 Å². The highest BCUT2D eigenvalue weighted by Crippen LogP contribution is 2.33. The van der Waals surface area contributed by atoms with E-state index in [1.54, 1.807) is 6.92 Å². The Hall–Kier alpha value is -1.54. The summed E-state index contributed by atoms with van der Waals surface area (Å²) in [6.45, 7) is 1.77. The fraction of sp³-hybridized carbons (Fsp3) is 0.455. The van der Waals surface area contributed by atoms with E-state index in [2.05, 4.69) is 4.72 Å². The van der Waals surface area contributed by atoms with Crippen LogP contribution in [-0.4, -0.2) is 18.9 Å². The number of benzene rings is 1. The summed E-state index contributed by atoms with van der Waals surface area (Å²) < 4.78 is 40.0. The van der Waals surface area contributed by atoms with Crippen molar-refractivity contribution in [2.75, 3.05) is 0 Å². The lowest BCUT2D eigenvalue weighted by Gasteiger charge is -2.38. The first-order chi connectivity index (χ1) is 8.73. The molecule has 1 saturated carbocycles. The molecule has 0 aliphatic heterocycles. The zero-order valence-electron chi connectivity index (χ0n) is 10.2. The quantitative estimate of drug-likeness (QED) is 0.677. The zero-order chi connectivity index (χ0) is 14.3. The standard InChI is InChI=1S/C11H13FN2O4S/c1-11(5-2-6-11)13-19(17,18)8-3-4-10(14(15)16)9(12)7-8/h3-4,7,13H,2,5-6H2,1H3. The van der Waals surface area contributed by atoms with E-state index in [1.165, 1.54) is 0 Å². The molecule has 1 aliphatic carbocycles. The fourth-order valence-electron chi connectivity index (χ4n) is 2.00. The van der Waals surface area contributed by atoms with Gasteiger partial charge >= 0.3 is 5.69 Å². The Kier molecular flexibility index (Phi) is 3.31. The third-order valence-corrected chi connectivity index (χ3v) is 4.90. The molecule has 0 amide bonds. The Morgan fingerprint density at radius 1 is 1.42 bits per heavy atom. The van der Waals surface area contributed by atoms with Crippen molar-refractivity contribution in [2.45, 2.75) is 36.6 Å². The van der Waals surface area contributed by atoms with Crippen molar-refractivity contribution in [1.82, 2.24) is 4.72 Å². The van der Waals surface area contributed by atoms with Crippen molar-refractivity contribution in [3.63, 3.8) is 0 Å². The van der Waals surface area contributed by atoms with Gasteiger partial charge in [0, 0.05) is 17.7 Å². The molecule has 0 aromatic heterocycles. The molecule has 0 atom stereocenters. The van der Waals surface area contributed by atoms with Crippen LogP contribution in [0.15, 0.2) is 23.1 Å². The number of hydrogen-bond donors (Lipinski definition) is 1. The highest BCUT2D eigenvalue weighted by Gasteiger charge is 2.36. The van der Waals surface area contributed by atoms with Gasteiger partial charge in [-0.3, -0.25) is 10.1 Å². The number of nitro benzene ring substituents is 1. The van der Waals surface area contributed by atoms with Crippen LogP contribution in [0.25, 0.3) is 0 Å². The van der Waals surface area contributed by atoms with Gasteiger partial charge in [0.2, 0.25) is 15.8 Å². The number of rotatable bonds is 4. The Morgan fingerprint density at radius 2 is 2.05 bits per heavy atom. The largest absolute Gasteiger partial charge is 0.304 e. The summed E-state index contributed by atoms with van der Waals surface area (Å²) in [4.78, 5) is 9.27. The molecule has 1 N–H and O–H groups in total. The Bertz CT molecular complexity index is 626. The van der Waals surface area contributed by atoms with Crippen molar-refractivity contribution in [3.05, 3.63) is 34.1 Å². The Morgan fingerprint density at radius 3 is 2.47 bits per heavy atom. The van der Waals surface area contributed by atoms with Crippen LogP contribution in [0.4, 0.5) is 10.1 Å². The summed E-state index contributed by atoms with van der Waals surface area (Å²) in [6.07, 6.45) is 2.39. The average Bonchev–Trinajstić information content (AvgIpc) is 2.25. The van der Waals surface area contributed by atoms with Crippen molar-refractivity contribution in [1.29, 1.82) is 0 Å². The van der Waals surface area contributed by atoms with Crippen molar-refractivity contribution < 1.29 is 17.7 Å². The molecule has 1 fully saturated rings. The molecule has 1 aromatic carbocycles. The topological polar surface area (TPSA) is 89.3 Å². The first-order valence-corrected chi connectivity index (χ1v) is 7.20. The van der Waals surface area contributed by atoms with Gasteiger partial charge in [0.05, 0.1) is 9.82 Å². The number of hydrogen-bond acceptors (Lipinski definition) is 4. The molecule has 8 heteroatoms. The van der Waals surface area contributed by atoms with Gasteiger partial charge in [0.25, 0.3) is 0 Å². The third-order valence-electron chi connectivity index (χ3n) is 3.26. The monoisotopic (exact) mass is 288 g/mol. The van der Waals surface area contributed by atoms with Crippen LogP contribution >= 0.6 is 0 Å². The summed E-state index contributed by atoms with van der Waals surface area (Å²) >= 11 is 0. The van der Waals surface area contributed by atoms with Gasteiger partial charge in [-0.2, -0.15) is 4.39 Å². The number of halogens is 1. The van der Waals surface area contributed by atoms with Gasteiger partial charge < -0.3 is 0 Å². The zero-order valence-corrected chi connectivity index (χ0v) is 11.0. The van der Waals surface area contributed by atoms with E-state index >= 15 is 0 Å². The van der Waals surface area contributed by atoms with E-state index in [1.807, 2.05) is 0 Å². The van der Waals surface area contributed by atoms with E-state index in [0.717, 1.165) is 31.4 Å². The Balaban J connectivity index is 2.31. The molecule has 0 heterocycles. The van der Waals surface area contributed by atoms with E-state index < -0.39 is 32.0 Å². The summed E-state index contributed by atoms with van der Waals surface area (Å²) in [7, 11) is -3.86. The number of sulfonamides is 1. The predicted octanol–water partition coefficient (Wildman–Crippen LogP) is 1.95. The first kappa shape index (κ1) is 13.9. The second-order valence-electron chi connectivity index (χ2n) is 4.89. The molecule has 0 bridgehead atoms. The number of nitrogens with one attached hydrogen (secondary N) is 1. The second-order valence-corrected chi connectivity index (χ2v) is 6.57. The normalized spacial score (nSPS) is 17.8. The van der Waals surface area contributed by atoms with Gasteiger partial charge in [-0.05, 0) is 32.3 Å². The number of nitrogens with zero attached hydrogens (tertiary/aromatic N) is 1. The molecule has 1 aliphatic rings. The molecule has 6 nitrogen and oxygen atoms in total. The lowest BCUT2D eigenvalue weighted by atomic mass is 9.80. The van der Waals surface area contributed by atoms with Crippen molar-refractivity contribution >= 4 is 15.7 Å². The van der Waals surface area contributed by atoms with E-state index in [4.69, 9.17) is 0 Å². The van der Waals surface area contributed by atoms with Gasteiger partial charge in [-0.15, -0.1) is 0 Å². The predicted molar refractivity (Wildman–Crippen MR) is 65.6 cm³/mol. The van der Waals surface area contributed by atoms with Crippen LogP contribution in [-0.2, 0) is 10.0 Å². The maximum absolute atomic E-state index is 13.4. The summed E-state index contributed by atoms with van der Waals surface area (Å²) in [6, 6.07) is 2.56. The minimum absolute atomic E-state index is 0.302. The fourth-order valence-corrected chi connectivity index (χ4v) is 3.47. The second kappa shape index (κ2) is 4.53. The van der Waals surface area contributed by atoms with Crippen LogP contribution in [0.3, 0.4) is 0 Å². The molecular formula is C11H13FN2O4S. The first-order valence-electron chi connectivity index (χ1n) is 5.71. The molecule has 0 saturated heterocycles. The lowest BCUT2D eigenvalue weighted by Crippen LogP contribution is -2.50. The van der Waals surface area contributed by atoms with Crippen LogP contribution in [0.2, 0.25) is 0 Å². The highest BCUT2D eigenvalue weighted by molar-refractivity contribution is 7.89. The highest BCUT2D eigenvalue weighted by atomic mass is 32.2. The molecule has 2 rings (SSSR count). The van der Waals surface area contributed by atoms with Crippen molar-refractivity contribution in [3.8, 4) is 0 Å².